The first-order valence-electron chi connectivity index (χ1n) is 8.66. The van der Waals surface area contributed by atoms with Crippen molar-refractivity contribution in [1.29, 1.82) is 0 Å². The second-order valence-corrected chi connectivity index (χ2v) is 7.40. The highest BCUT2D eigenvalue weighted by molar-refractivity contribution is 7.15. The summed E-state index contributed by atoms with van der Waals surface area (Å²) >= 11 is 1.57. The van der Waals surface area contributed by atoms with Crippen LogP contribution in [0.15, 0.2) is 45.1 Å². The van der Waals surface area contributed by atoms with Gasteiger partial charge in [-0.15, -0.1) is 23.7 Å². The first kappa shape index (κ1) is 18.0. The Morgan fingerprint density at radius 1 is 1.22 bits per heavy atom. The van der Waals surface area contributed by atoms with E-state index in [1.54, 1.807) is 11.3 Å². The van der Waals surface area contributed by atoms with Gasteiger partial charge in [-0.2, -0.15) is 0 Å². The quantitative estimate of drug-likeness (QED) is 0.521. The molecule has 1 fully saturated rings. The van der Waals surface area contributed by atoms with E-state index >= 15 is 0 Å². The van der Waals surface area contributed by atoms with E-state index in [9.17, 15) is 4.79 Å². The molecular formula is C19H19ClN4O2S. The molecule has 0 radical (unpaired) electrons. The van der Waals surface area contributed by atoms with Crippen molar-refractivity contribution in [3.8, 4) is 11.3 Å². The highest BCUT2D eigenvalue weighted by Gasteiger charge is 2.15. The van der Waals surface area contributed by atoms with Crippen molar-refractivity contribution in [3.63, 3.8) is 0 Å². The second kappa shape index (κ2) is 6.99. The number of aromatic nitrogens is 2. The van der Waals surface area contributed by atoms with Gasteiger partial charge in [-0.3, -0.25) is 4.40 Å². The van der Waals surface area contributed by atoms with Gasteiger partial charge in [0.25, 0.3) is 0 Å². The number of imidazole rings is 1. The van der Waals surface area contributed by atoms with Crippen LogP contribution in [0.3, 0.4) is 0 Å². The van der Waals surface area contributed by atoms with E-state index in [-0.39, 0.29) is 18.0 Å². The van der Waals surface area contributed by atoms with E-state index in [2.05, 4.69) is 21.3 Å². The molecule has 0 bridgehead atoms. The fraction of sp³-hybridized carbons (Fsp3) is 0.263. The van der Waals surface area contributed by atoms with Crippen molar-refractivity contribution in [1.82, 2.24) is 14.7 Å². The van der Waals surface area contributed by atoms with Gasteiger partial charge in [-0.25, -0.2) is 9.78 Å². The minimum absolute atomic E-state index is 0. The molecule has 0 atom stereocenters. The molecule has 0 aliphatic carbocycles. The number of rotatable bonds is 2. The van der Waals surface area contributed by atoms with Gasteiger partial charge in [0.05, 0.1) is 11.3 Å². The van der Waals surface area contributed by atoms with E-state index < -0.39 is 0 Å². The molecule has 5 rings (SSSR count). The highest BCUT2D eigenvalue weighted by Crippen LogP contribution is 2.26. The lowest BCUT2D eigenvalue weighted by Gasteiger charge is -2.29. The average Bonchev–Trinajstić information content (AvgIpc) is 3.23. The lowest BCUT2D eigenvalue weighted by molar-refractivity contribution is 0.561. The van der Waals surface area contributed by atoms with Gasteiger partial charge < -0.3 is 14.6 Å². The second-order valence-electron chi connectivity index (χ2n) is 6.56. The summed E-state index contributed by atoms with van der Waals surface area (Å²) < 4.78 is 7.63. The maximum absolute atomic E-state index is 12.6. The third-order valence-electron chi connectivity index (χ3n) is 4.87. The Morgan fingerprint density at radius 3 is 2.81 bits per heavy atom. The van der Waals surface area contributed by atoms with Crippen LogP contribution in [-0.2, 0) is 0 Å². The van der Waals surface area contributed by atoms with Gasteiger partial charge in [0.2, 0.25) is 0 Å². The molecule has 27 heavy (non-hydrogen) atoms. The molecule has 4 heterocycles. The lowest BCUT2D eigenvalue weighted by Crippen LogP contribution is -2.43. The zero-order valence-corrected chi connectivity index (χ0v) is 16.4. The summed E-state index contributed by atoms with van der Waals surface area (Å²) in [5.74, 6) is 0. The zero-order chi connectivity index (χ0) is 17.7. The number of thiazole rings is 1. The van der Waals surface area contributed by atoms with E-state index in [1.807, 2.05) is 41.1 Å². The Kier molecular flexibility index (Phi) is 4.67. The SMILES string of the molecule is Cc1csc2nc(-c3cc4ccc(N5CCNCC5)cc4oc3=O)cn12.Cl. The molecule has 1 aliphatic heterocycles. The number of piperazine rings is 1. The van der Waals surface area contributed by atoms with Crippen LogP contribution in [0.1, 0.15) is 5.69 Å². The predicted molar refractivity (Wildman–Crippen MR) is 112 cm³/mol. The molecular weight excluding hydrogens is 384 g/mol. The van der Waals surface area contributed by atoms with Crippen molar-refractivity contribution in [2.45, 2.75) is 6.92 Å². The van der Waals surface area contributed by atoms with Crippen LogP contribution in [0.5, 0.6) is 0 Å². The molecule has 3 aromatic heterocycles. The van der Waals surface area contributed by atoms with Crippen molar-refractivity contribution >= 4 is 45.4 Å². The first-order chi connectivity index (χ1) is 12.7. The van der Waals surface area contributed by atoms with Crippen LogP contribution in [0, 0.1) is 6.92 Å². The van der Waals surface area contributed by atoms with Gasteiger partial charge in [0, 0.05) is 60.6 Å². The Bertz CT molecular complexity index is 1170. The number of halogens is 1. The number of hydrogen-bond acceptors (Lipinski definition) is 6. The van der Waals surface area contributed by atoms with E-state index in [4.69, 9.17) is 4.42 Å². The Hall–Kier alpha value is -2.35. The van der Waals surface area contributed by atoms with Crippen LogP contribution in [0.4, 0.5) is 5.69 Å². The first-order valence-corrected chi connectivity index (χ1v) is 9.54. The molecule has 1 aromatic carbocycles. The van der Waals surface area contributed by atoms with Gasteiger partial charge in [0.1, 0.15) is 5.58 Å². The van der Waals surface area contributed by atoms with E-state index in [1.165, 1.54) is 0 Å². The van der Waals surface area contributed by atoms with Crippen LogP contribution in [0.2, 0.25) is 0 Å². The topological polar surface area (TPSA) is 62.8 Å². The smallest absolute Gasteiger partial charge is 0.345 e. The van der Waals surface area contributed by atoms with Crippen LogP contribution in [-0.4, -0.2) is 35.6 Å². The van der Waals surface area contributed by atoms with Crippen LogP contribution in [0.25, 0.3) is 27.2 Å². The molecule has 0 amide bonds. The summed E-state index contributed by atoms with van der Waals surface area (Å²) in [6.07, 6.45) is 1.90. The average molecular weight is 403 g/mol. The minimum Gasteiger partial charge on any atom is -0.422 e. The monoisotopic (exact) mass is 402 g/mol. The molecule has 1 saturated heterocycles. The summed E-state index contributed by atoms with van der Waals surface area (Å²) in [5.41, 5.74) is 3.62. The highest BCUT2D eigenvalue weighted by atomic mass is 35.5. The predicted octanol–water partition coefficient (Wildman–Crippen LogP) is 3.31. The summed E-state index contributed by atoms with van der Waals surface area (Å²) in [6, 6.07) is 7.95. The maximum Gasteiger partial charge on any atom is 0.345 e. The summed E-state index contributed by atoms with van der Waals surface area (Å²) in [7, 11) is 0. The number of nitrogens with zero attached hydrogens (tertiary/aromatic N) is 3. The fourth-order valence-electron chi connectivity index (χ4n) is 3.42. The number of nitrogens with one attached hydrogen (secondary N) is 1. The standard InChI is InChI=1S/C19H18N4O2S.ClH/c1-12-11-26-19-21-16(10-23(12)19)15-8-13-2-3-14(9-17(13)25-18(15)24)22-6-4-20-5-7-22;/h2-3,8-11,20H,4-7H2,1H3;1H. The number of benzene rings is 1. The number of hydrogen-bond donors (Lipinski definition) is 1. The molecule has 1 N–H and O–H groups in total. The largest absolute Gasteiger partial charge is 0.422 e. The van der Waals surface area contributed by atoms with Crippen molar-refractivity contribution < 1.29 is 4.42 Å². The number of aryl methyl sites for hydroxylation is 1. The summed E-state index contributed by atoms with van der Waals surface area (Å²) in [6.45, 7) is 5.88. The molecule has 0 spiro atoms. The summed E-state index contributed by atoms with van der Waals surface area (Å²) in [4.78, 5) is 20.3. The van der Waals surface area contributed by atoms with Gasteiger partial charge >= 0.3 is 5.63 Å². The normalized spacial score (nSPS) is 14.6. The fourth-order valence-corrected chi connectivity index (χ4v) is 4.27. The summed E-state index contributed by atoms with van der Waals surface area (Å²) in [5, 5.41) is 6.30. The van der Waals surface area contributed by atoms with Gasteiger partial charge in [-0.05, 0) is 25.1 Å². The number of fused-ring (bicyclic) bond motifs is 2. The Morgan fingerprint density at radius 2 is 2.04 bits per heavy atom. The van der Waals surface area contributed by atoms with Crippen LogP contribution < -0.4 is 15.8 Å². The van der Waals surface area contributed by atoms with E-state index in [0.29, 0.717) is 16.8 Å². The zero-order valence-electron chi connectivity index (χ0n) is 14.8. The van der Waals surface area contributed by atoms with Gasteiger partial charge in [0.15, 0.2) is 4.96 Å². The molecule has 1 aliphatic rings. The number of anilines is 1. The molecule has 0 unspecified atom stereocenters. The third-order valence-corrected chi connectivity index (χ3v) is 5.82. The molecule has 140 valence electrons. The van der Waals surface area contributed by atoms with E-state index in [0.717, 1.165) is 47.9 Å². The molecule has 4 aromatic rings. The van der Waals surface area contributed by atoms with Crippen molar-refractivity contribution in [2.24, 2.45) is 0 Å². The van der Waals surface area contributed by atoms with Gasteiger partial charge in [-0.1, -0.05) is 0 Å². The Balaban J connectivity index is 0.00000180. The molecule has 6 nitrogen and oxygen atoms in total. The maximum atomic E-state index is 12.6. The third kappa shape index (κ3) is 3.12. The van der Waals surface area contributed by atoms with Crippen molar-refractivity contribution in [2.75, 3.05) is 31.1 Å². The Labute approximate surface area is 165 Å². The lowest BCUT2D eigenvalue weighted by atomic mass is 10.1. The molecule has 8 heteroatoms. The minimum atomic E-state index is -0.349. The molecule has 0 saturated carbocycles. The van der Waals surface area contributed by atoms with Crippen LogP contribution >= 0.6 is 23.7 Å². The van der Waals surface area contributed by atoms with Crippen molar-refractivity contribution in [3.05, 3.63) is 52.0 Å².